The number of hydrogen-bond donors (Lipinski definition) is 2. The van der Waals surface area contributed by atoms with Gasteiger partial charge in [-0.3, -0.25) is 4.79 Å². The van der Waals surface area contributed by atoms with E-state index in [9.17, 15) is 4.79 Å². The lowest BCUT2D eigenvalue weighted by Crippen LogP contribution is -2.39. The van der Waals surface area contributed by atoms with Gasteiger partial charge in [0.15, 0.2) is 6.23 Å². The molecule has 32 heavy (non-hydrogen) atoms. The van der Waals surface area contributed by atoms with E-state index in [1.165, 1.54) is 0 Å². The van der Waals surface area contributed by atoms with E-state index in [0.29, 0.717) is 18.5 Å². The van der Waals surface area contributed by atoms with Gasteiger partial charge in [-0.25, -0.2) is 9.98 Å². The molecular formula is C25H30N4O2S. The number of carbonyl (C=O) groups excluding carboxylic acids is 1. The number of aliphatic imine (C=N–C) groups is 2. The third-order valence-corrected chi connectivity index (χ3v) is 6.30. The third kappa shape index (κ3) is 5.22. The number of rotatable bonds is 4. The van der Waals surface area contributed by atoms with E-state index in [1.807, 2.05) is 35.2 Å². The molecule has 1 fully saturated rings. The third-order valence-electron chi connectivity index (χ3n) is 6.02. The highest BCUT2D eigenvalue weighted by molar-refractivity contribution is 7.80. The monoisotopic (exact) mass is 450 g/mol. The van der Waals surface area contributed by atoms with E-state index in [2.05, 4.69) is 48.6 Å². The van der Waals surface area contributed by atoms with Crippen LogP contribution in [0.2, 0.25) is 0 Å². The number of benzene rings is 2. The smallest absolute Gasteiger partial charge is 0.253 e. The summed E-state index contributed by atoms with van der Waals surface area (Å²) in [7, 11) is 0. The van der Waals surface area contributed by atoms with E-state index in [4.69, 9.17) is 10.5 Å². The standard InChI is InChI=1S/C25H30N4O2S/c1-16-7-5-8-17(2)23(16)21-14-22(28-25(26)27-21)31-19-10-3-4-12-29(15-19)24(30)18-9-6-11-20(32)13-18/h5-9,11,13,19,22,32H,3-4,10,12,14-15H2,1-2H3,(H2,26,28)/t19-,22+/m0/s1. The molecule has 2 heterocycles. The van der Waals surface area contributed by atoms with Crippen LogP contribution in [0.1, 0.15) is 52.7 Å². The number of likely N-dealkylation sites (tertiary alicyclic amines) is 1. The molecule has 1 saturated heterocycles. The maximum absolute atomic E-state index is 13.1. The van der Waals surface area contributed by atoms with Crippen molar-refractivity contribution in [3.05, 3.63) is 64.7 Å². The summed E-state index contributed by atoms with van der Waals surface area (Å²) in [5, 5.41) is 0. The summed E-state index contributed by atoms with van der Waals surface area (Å²) >= 11 is 4.37. The average molecular weight is 451 g/mol. The first-order chi connectivity index (χ1) is 15.4. The van der Waals surface area contributed by atoms with Crippen molar-refractivity contribution in [1.29, 1.82) is 0 Å². The first-order valence-electron chi connectivity index (χ1n) is 11.1. The Morgan fingerprint density at radius 1 is 1.16 bits per heavy atom. The van der Waals surface area contributed by atoms with Gasteiger partial charge in [-0.05, 0) is 62.4 Å². The number of carbonyl (C=O) groups is 1. The molecule has 2 atom stereocenters. The van der Waals surface area contributed by atoms with Gasteiger partial charge in [0.1, 0.15) is 0 Å². The molecule has 0 aliphatic carbocycles. The number of thiol groups is 1. The summed E-state index contributed by atoms with van der Waals surface area (Å²) in [6.07, 6.45) is 2.92. The number of aryl methyl sites for hydroxylation is 2. The second kappa shape index (κ2) is 9.88. The van der Waals surface area contributed by atoms with E-state index in [1.54, 1.807) is 0 Å². The fourth-order valence-corrected chi connectivity index (χ4v) is 4.74. The fourth-order valence-electron chi connectivity index (χ4n) is 4.52. The molecule has 0 aromatic heterocycles. The summed E-state index contributed by atoms with van der Waals surface area (Å²) in [6.45, 7) is 5.42. The lowest BCUT2D eigenvalue weighted by atomic mass is 9.96. The Morgan fingerprint density at radius 2 is 1.91 bits per heavy atom. The largest absolute Gasteiger partial charge is 0.368 e. The molecule has 2 aromatic carbocycles. The van der Waals surface area contributed by atoms with Crippen LogP contribution in [0.25, 0.3) is 0 Å². The molecule has 2 aromatic rings. The molecule has 168 valence electrons. The van der Waals surface area contributed by atoms with E-state index in [0.717, 1.165) is 53.1 Å². The topological polar surface area (TPSA) is 80.3 Å². The average Bonchev–Trinajstić information content (AvgIpc) is 2.98. The van der Waals surface area contributed by atoms with Crippen LogP contribution in [0.15, 0.2) is 57.3 Å². The number of guanidine groups is 1. The van der Waals surface area contributed by atoms with Crippen molar-refractivity contribution in [2.75, 3.05) is 13.1 Å². The second-order valence-electron chi connectivity index (χ2n) is 8.53. The Bertz CT molecular complexity index is 1050. The van der Waals surface area contributed by atoms with Gasteiger partial charge in [-0.2, -0.15) is 0 Å². The molecule has 4 rings (SSSR count). The van der Waals surface area contributed by atoms with Crippen LogP contribution < -0.4 is 5.73 Å². The summed E-state index contributed by atoms with van der Waals surface area (Å²) in [4.78, 5) is 24.7. The van der Waals surface area contributed by atoms with Gasteiger partial charge in [-0.1, -0.05) is 24.3 Å². The predicted molar refractivity (Wildman–Crippen MR) is 131 cm³/mol. The number of nitrogens with zero attached hydrogens (tertiary/aromatic N) is 3. The van der Waals surface area contributed by atoms with Crippen LogP contribution in [0.4, 0.5) is 0 Å². The minimum atomic E-state index is -0.401. The lowest BCUT2D eigenvalue weighted by molar-refractivity contribution is -0.0182. The van der Waals surface area contributed by atoms with Crippen LogP contribution in [0, 0.1) is 13.8 Å². The van der Waals surface area contributed by atoms with Crippen molar-refractivity contribution >= 4 is 30.2 Å². The Kier molecular flexibility index (Phi) is 6.96. The summed E-state index contributed by atoms with van der Waals surface area (Å²) in [5.41, 5.74) is 11.1. The van der Waals surface area contributed by atoms with Gasteiger partial charge in [0.25, 0.3) is 5.91 Å². The molecule has 2 aliphatic heterocycles. The Hall–Kier alpha value is -2.64. The summed E-state index contributed by atoms with van der Waals surface area (Å²) in [5.74, 6) is 0.256. The SMILES string of the molecule is Cc1cccc(C)c1C1=NC(N)=N[C@H](O[C@H]2CCCCN(C(=O)c3cccc(S)c3)C2)C1. The molecular weight excluding hydrogens is 420 g/mol. The number of amides is 1. The van der Waals surface area contributed by atoms with Crippen molar-refractivity contribution in [3.63, 3.8) is 0 Å². The van der Waals surface area contributed by atoms with Crippen molar-refractivity contribution < 1.29 is 9.53 Å². The Morgan fingerprint density at radius 3 is 2.66 bits per heavy atom. The highest BCUT2D eigenvalue weighted by Gasteiger charge is 2.28. The van der Waals surface area contributed by atoms with Gasteiger partial charge in [-0.15, -0.1) is 12.6 Å². The maximum Gasteiger partial charge on any atom is 0.253 e. The van der Waals surface area contributed by atoms with Crippen LogP contribution in [-0.4, -0.2) is 47.9 Å². The van der Waals surface area contributed by atoms with E-state index in [-0.39, 0.29) is 18.0 Å². The highest BCUT2D eigenvalue weighted by atomic mass is 32.1. The minimum Gasteiger partial charge on any atom is -0.368 e. The van der Waals surface area contributed by atoms with Crippen LogP contribution >= 0.6 is 12.6 Å². The molecule has 0 bridgehead atoms. The molecule has 2 N–H and O–H groups in total. The van der Waals surface area contributed by atoms with E-state index < -0.39 is 6.23 Å². The lowest BCUT2D eigenvalue weighted by Gasteiger charge is -2.28. The molecule has 0 saturated carbocycles. The molecule has 0 spiro atoms. The van der Waals surface area contributed by atoms with Gasteiger partial charge < -0.3 is 15.4 Å². The first-order valence-corrected chi connectivity index (χ1v) is 11.6. The van der Waals surface area contributed by atoms with Crippen molar-refractivity contribution in [2.45, 2.75) is 56.8 Å². The predicted octanol–water partition coefficient (Wildman–Crippen LogP) is 4.14. The van der Waals surface area contributed by atoms with Crippen LogP contribution in [-0.2, 0) is 4.74 Å². The maximum atomic E-state index is 13.1. The van der Waals surface area contributed by atoms with Crippen LogP contribution in [0.3, 0.4) is 0 Å². The van der Waals surface area contributed by atoms with Crippen molar-refractivity contribution in [1.82, 2.24) is 4.90 Å². The minimum absolute atomic E-state index is 0.0147. The molecule has 2 aliphatic rings. The van der Waals surface area contributed by atoms with Crippen molar-refractivity contribution in [3.8, 4) is 0 Å². The van der Waals surface area contributed by atoms with Gasteiger partial charge in [0.05, 0.1) is 11.8 Å². The number of nitrogens with two attached hydrogens (primary N) is 1. The van der Waals surface area contributed by atoms with Gasteiger partial charge in [0, 0.05) is 35.5 Å². The zero-order chi connectivity index (χ0) is 22.7. The molecule has 7 heteroatoms. The molecule has 1 amide bonds. The zero-order valence-corrected chi connectivity index (χ0v) is 19.5. The van der Waals surface area contributed by atoms with Gasteiger partial charge >= 0.3 is 0 Å². The molecule has 6 nitrogen and oxygen atoms in total. The summed E-state index contributed by atoms with van der Waals surface area (Å²) in [6, 6.07) is 13.6. The normalized spacial score (nSPS) is 21.5. The zero-order valence-electron chi connectivity index (χ0n) is 18.6. The quantitative estimate of drug-likeness (QED) is 0.687. The Labute approximate surface area is 195 Å². The Balaban J connectivity index is 1.47. The number of hydrogen-bond acceptors (Lipinski definition) is 6. The molecule has 0 unspecified atom stereocenters. The number of ether oxygens (including phenoxy) is 1. The second-order valence-corrected chi connectivity index (χ2v) is 9.04. The van der Waals surface area contributed by atoms with Crippen LogP contribution in [0.5, 0.6) is 0 Å². The van der Waals surface area contributed by atoms with Crippen molar-refractivity contribution in [2.24, 2.45) is 15.7 Å². The van der Waals surface area contributed by atoms with Gasteiger partial charge in [0.2, 0.25) is 5.96 Å². The highest BCUT2D eigenvalue weighted by Crippen LogP contribution is 2.24. The van der Waals surface area contributed by atoms with E-state index >= 15 is 0 Å². The molecule has 0 radical (unpaired) electrons. The fraction of sp³-hybridized carbons (Fsp3) is 0.400. The first kappa shape index (κ1) is 22.6. The summed E-state index contributed by atoms with van der Waals surface area (Å²) < 4.78 is 6.40.